The molecular weight excluding hydrogens is 408 g/mol. The number of aryl methyl sites for hydroxylation is 1. The summed E-state index contributed by atoms with van der Waals surface area (Å²) in [5.41, 5.74) is 2.25. The van der Waals surface area contributed by atoms with Crippen molar-refractivity contribution in [1.29, 1.82) is 0 Å². The number of para-hydroxylation sites is 3. The molecule has 32 heavy (non-hydrogen) atoms. The van der Waals surface area contributed by atoms with E-state index >= 15 is 0 Å². The Morgan fingerprint density at radius 3 is 2.59 bits per heavy atom. The molecule has 1 atom stereocenters. The summed E-state index contributed by atoms with van der Waals surface area (Å²) in [5, 5.41) is 6.56. The molecule has 2 heterocycles. The van der Waals surface area contributed by atoms with Gasteiger partial charge < -0.3 is 24.8 Å². The number of fused-ring (bicyclic) bond motifs is 1. The minimum Gasteiger partial charge on any atom is -0.495 e. The van der Waals surface area contributed by atoms with Crippen molar-refractivity contribution in [2.75, 3.05) is 31.6 Å². The van der Waals surface area contributed by atoms with E-state index in [4.69, 9.17) is 4.74 Å². The molecule has 1 fully saturated rings. The Morgan fingerprint density at radius 1 is 1.06 bits per heavy atom. The second kappa shape index (κ2) is 9.13. The molecule has 4 rings (SSSR count). The maximum atomic E-state index is 12.6. The number of anilines is 1. The van der Waals surface area contributed by atoms with Gasteiger partial charge in [-0.2, -0.15) is 0 Å². The van der Waals surface area contributed by atoms with Gasteiger partial charge in [0.1, 0.15) is 5.75 Å². The van der Waals surface area contributed by atoms with Crippen LogP contribution in [0.25, 0.3) is 10.9 Å². The summed E-state index contributed by atoms with van der Waals surface area (Å²) in [4.78, 5) is 39.2. The number of methoxy groups -OCH3 is 1. The van der Waals surface area contributed by atoms with E-state index in [2.05, 4.69) is 10.6 Å². The number of carbonyl (C=O) groups is 3. The molecule has 3 aromatic rings. The number of benzene rings is 2. The van der Waals surface area contributed by atoms with Gasteiger partial charge >= 0.3 is 0 Å². The third kappa shape index (κ3) is 4.16. The van der Waals surface area contributed by atoms with Crippen LogP contribution in [-0.4, -0.2) is 49.0 Å². The Kier molecular flexibility index (Phi) is 6.11. The van der Waals surface area contributed by atoms with E-state index in [9.17, 15) is 14.4 Å². The maximum Gasteiger partial charge on any atom is 0.253 e. The summed E-state index contributed by atoms with van der Waals surface area (Å²) < 4.78 is 7.25. The molecule has 2 aromatic carbocycles. The molecule has 1 unspecified atom stereocenters. The SMILES string of the molecule is COc1ccccc1N1CC(C(=O)NCCNC(=O)c2cn(C)c3ccccc23)CC1=O. The van der Waals surface area contributed by atoms with E-state index in [1.165, 1.54) is 0 Å². The van der Waals surface area contributed by atoms with Gasteiger partial charge in [-0.1, -0.05) is 30.3 Å². The van der Waals surface area contributed by atoms with Crippen LogP contribution in [0.4, 0.5) is 5.69 Å². The summed E-state index contributed by atoms with van der Waals surface area (Å²) >= 11 is 0. The molecule has 1 saturated heterocycles. The molecule has 0 spiro atoms. The first-order chi connectivity index (χ1) is 15.5. The van der Waals surface area contributed by atoms with Gasteiger partial charge in [-0.3, -0.25) is 14.4 Å². The van der Waals surface area contributed by atoms with Crippen LogP contribution in [0.15, 0.2) is 54.7 Å². The van der Waals surface area contributed by atoms with Crippen molar-refractivity contribution in [3.05, 3.63) is 60.3 Å². The van der Waals surface area contributed by atoms with E-state index in [1.807, 2.05) is 48.0 Å². The van der Waals surface area contributed by atoms with Crippen molar-refractivity contribution in [2.45, 2.75) is 6.42 Å². The normalized spacial score (nSPS) is 15.8. The average molecular weight is 434 g/mol. The average Bonchev–Trinajstić information content (AvgIpc) is 3.37. The Morgan fingerprint density at radius 2 is 1.78 bits per heavy atom. The summed E-state index contributed by atoms with van der Waals surface area (Å²) in [6.07, 6.45) is 1.95. The number of nitrogens with one attached hydrogen (secondary N) is 2. The number of hydrogen-bond acceptors (Lipinski definition) is 4. The first kappa shape index (κ1) is 21.4. The van der Waals surface area contributed by atoms with Gasteiger partial charge in [0.25, 0.3) is 5.91 Å². The van der Waals surface area contributed by atoms with E-state index in [0.717, 1.165) is 10.9 Å². The second-order valence-corrected chi connectivity index (χ2v) is 7.79. The third-order valence-electron chi connectivity index (χ3n) is 5.72. The second-order valence-electron chi connectivity index (χ2n) is 7.79. The quantitative estimate of drug-likeness (QED) is 0.557. The van der Waals surface area contributed by atoms with Crippen molar-refractivity contribution in [1.82, 2.24) is 15.2 Å². The smallest absolute Gasteiger partial charge is 0.253 e. The molecular formula is C24H26N4O4. The first-order valence-electron chi connectivity index (χ1n) is 10.5. The minimum atomic E-state index is -0.443. The van der Waals surface area contributed by atoms with Crippen LogP contribution in [0.5, 0.6) is 5.75 Å². The topological polar surface area (TPSA) is 92.7 Å². The molecule has 0 aliphatic carbocycles. The lowest BCUT2D eigenvalue weighted by Crippen LogP contribution is -2.38. The van der Waals surface area contributed by atoms with Crippen molar-refractivity contribution in [2.24, 2.45) is 13.0 Å². The van der Waals surface area contributed by atoms with Crippen molar-refractivity contribution >= 4 is 34.3 Å². The number of rotatable bonds is 7. The Bertz CT molecular complexity index is 1170. The minimum absolute atomic E-state index is 0.112. The van der Waals surface area contributed by atoms with Crippen LogP contribution >= 0.6 is 0 Å². The van der Waals surface area contributed by atoms with Gasteiger partial charge in [-0.25, -0.2) is 0 Å². The molecule has 166 valence electrons. The van der Waals surface area contributed by atoms with Gasteiger partial charge in [-0.05, 0) is 18.2 Å². The highest BCUT2D eigenvalue weighted by Crippen LogP contribution is 2.32. The summed E-state index contributed by atoms with van der Waals surface area (Å²) in [6.45, 7) is 0.882. The highest BCUT2D eigenvalue weighted by Gasteiger charge is 2.36. The van der Waals surface area contributed by atoms with E-state index in [0.29, 0.717) is 30.1 Å². The van der Waals surface area contributed by atoms with Gasteiger partial charge in [0.15, 0.2) is 0 Å². The molecule has 0 saturated carbocycles. The molecule has 2 N–H and O–H groups in total. The fraction of sp³-hybridized carbons (Fsp3) is 0.292. The van der Waals surface area contributed by atoms with Crippen molar-refractivity contribution < 1.29 is 19.1 Å². The molecule has 8 heteroatoms. The van der Waals surface area contributed by atoms with Crippen LogP contribution in [0.1, 0.15) is 16.8 Å². The zero-order valence-electron chi connectivity index (χ0n) is 18.1. The van der Waals surface area contributed by atoms with E-state index in [1.54, 1.807) is 30.3 Å². The van der Waals surface area contributed by atoms with E-state index < -0.39 is 5.92 Å². The monoisotopic (exact) mass is 434 g/mol. The fourth-order valence-corrected chi connectivity index (χ4v) is 4.09. The molecule has 3 amide bonds. The number of aromatic nitrogens is 1. The standard InChI is InChI=1S/C24H26N4O4/c1-27-15-18(17-7-3-4-8-19(17)27)24(31)26-12-11-25-23(30)16-13-22(29)28(14-16)20-9-5-6-10-21(20)32-2/h3-10,15-16H,11-14H2,1-2H3,(H,25,30)(H,26,31). The van der Waals surface area contributed by atoms with Crippen molar-refractivity contribution in [3.63, 3.8) is 0 Å². The van der Waals surface area contributed by atoms with Gasteiger partial charge in [0.2, 0.25) is 11.8 Å². The summed E-state index contributed by atoms with van der Waals surface area (Å²) in [6, 6.07) is 15.0. The molecule has 1 aliphatic rings. The van der Waals surface area contributed by atoms with Gasteiger partial charge in [-0.15, -0.1) is 0 Å². The molecule has 1 aliphatic heterocycles. The first-order valence-corrected chi connectivity index (χ1v) is 10.5. The molecule has 0 radical (unpaired) electrons. The predicted octanol–water partition coefficient (Wildman–Crippen LogP) is 2.09. The zero-order chi connectivity index (χ0) is 22.7. The van der Waals surface area contributed by atoms with Crippen LogP contribution in [0, 0.1) is 5.92 Å². The highest BCUT2D eigenvalue weighted by molar-refractivity contribution is 6.07. The number of ether oxygens (including phenoxy) is 1. The van der Waals surface area contributed by atoms with Crippen LogP contribution in [0.3, 0.4) is 0 Å². The third-order valence-corrected chi connectivity index (χ3v) is 5.72. The lowest BCUT2D eigenvalue weighted by molar-refractivity contribution is -0.126. The number of nitrogens with zero attached hydrogens (tertiary/aromatic N) is 2. The highest BCUT2D eigenvalue weighted by atomic mass is 16.5. The Labute approximate surface area is 186 Å². The number of amides is 3. The van der Waals surface area contributed by atoms with Crippen LogP contribution < -0.4 is 20.3 Å². The lowest BCUT2D eigenvalue weighted by atomic mass is 10.1. The summed E-state index contributed by atoms with van der Waals surface area (Å²) in [7, 11) is 3.45. The Balaban J connectivity index is 1.29. The summed E-state index contributed by atoms with van der Waals surface area (Å²) in [5.74, 6) is -0.345. The molecule has 0 bridgehead atoms. The number of carbonyl (C=O) groups excluding carboxylic acids is 3. The predicted molar refractivity (Wildman–Crippen MR) is 122 cm³/mol. The van der Waals surface area contributed by atoms with Crippen molar-refractivity contribution in [3.8, 4) is 5.75 Å². The van der Waals surface area contributed by atoms with Crippen LogP contribution in [0.2, 0.25) is 0 Å². The Hall–Kier alpha value is -3.81. The fourth-order valence-electron chi connectivity index (χ4n) is 4.09. The largest absolute Gasteiger partial charge is 0.495 e. The van der Waals surface area contributed by atoms with Crippen LogP contribution in [-0.2, 0) is 16.6 Å². The maximum absolute atomic E-state index is 12.6. The number of hydrogen-bond donors (Lipinski definition) is 2. The lowest BCUT2D eigenvalue weighted by Gasteiger charge is -2.19. The molecule has 1 aromatic heterocycles. The van der Waals surface area contributed by atoms with E-state index in [-0.39, 0.29) is 30.7 Å². The van der Waals surface area contributed by atoms with Gasteiger partial charge in [0.05, 0.1) is 24.3 Å². The zero-order valence-corrected chi connectivity index (χ0v) is 18.1. The molecule has 8 nitrogen and oxygen atoms in total. The van der Waals surface area contributed by atoms with Gasteiger partial charge in [0, 0.05) is 50.2 Å².